The summed E-state index contributed by atoms with van der Waals surface area (Å²) in [5.41, 5.74) is 0.426. The summed E-state index contributed by atoms with van der Waals surface area (Å²) in [5, 5.41) is 10.2. The van der Waals surface area contributed by atoms with Crippen molar-refractivity contribution in [1.29, 1.82) is 0 Å². The molecule has 0 aliphatic rings. The molecule has 1 unspecified atom stereocenters. The molecule has 0 heterocycles. The van der Waals surface area contributed by atoms with Crippen LogP contribution in [0.15, 0.2) is 59.5 Å². The third kappa shape index (κ3) is 3.87. The van der Waals surface area contributed by atoms with E-state index in [1.807, 2.05) is 20.8 Å². The molecular formula is C17H20O4S. The fourth-order valence-corrected chi connectivity index (χ4v) is 2.92. The Morgan fingerprint density at radius 2 is 1.50 bits per heavy atom. The van der Waals surface area contributed by atoms with E-state index in [1.54, 1.807) is 42.5 Å². The van der Waals surface area contributed by atoms with Crippen LogP contribution >= 0.6 is 0 Å². The predicted octanol–water partition coefficient (Wildman–Crippen LogP) is 3.53. The standard InChI is InChI=1S/C17H20O4S/c1-17(2,3)16(18)13-9-11-14(12-10-13)21-22(19,20)15-7-5-4-6-8-15/h4-12,16,18H,1-3H3. The number of aliphatic hydroxyl groups excluding tert-OH is 1. The van der Waals surface area contributed by atoms with Crippen molar-refractivity contribution in [2.45, 2.75) is 31.8 Å². The molecule has 0 bridgehead atoms. The first-order chi connectivity index (χ1) is 10.2. The van der Waals surface area contributed by atoms with Crippen LogP contribution in [-0.4, -0.2) is 13.5 Å². The lowest BCUT2D eigenvalue weighted by molar-refractivity contribution is 0.0626. The number of hydrogen-bond donors (Lipinski definition) is 1. The maximum Gasteiger partial charge on any atom is 0.339 e. The molecule has 0 radical (unpaired) electrons. The molecule has 1 atom stereocenters. The summed E-state index contributed by atoms with van der Waals surface area (Å²) in [7, 11) is -3.84. The lowest BCUT2D eigenvalue weighted by Crippen LogP contribution is -2.17. The fraction of sp³-hybridized carbons (Fsp3) is 0.294. The van der Waals surface area contributed by atoms with Crippen molar-refractivity contribution in [3.8, 4) is 5.75 Å². The Bertz CT molecular complexity index is 714. The molecule has 0 amide bonds. The van der Waals surface area contributed by atoms with E-state index in [4.69, 9.17) is 4.18 Å². The summed E-state index contributed by atoms with van der Waals surface area (Å²) < 4.78 is 29.3. The molecular weight excluding hydrogens is 300 g/mol. The predicted molar refractivity (Wildman–Crippen MR) is 85.1 cm³/mol. The van der Waals surface area contributed by atoms with Crippen LogP contribution in [0.1, 0.15) is 32.4 Å². The first kappa shape index (κ1) is 16.5. The monoisotopic (exact) mass is 320 g/mol. The molecule has 0 aliphatic heterocycles. The molecule has 2 aromatic rings. The van der Waals surface area contributed by atoms with E-state index >= 15 is 0 Å². The van der Waals surface area contributed by atoms with E-state index in [0.717, 1.165) is 5.56 Å². The summed E-state index contributed by atoms with van der Waals surface area (Å²) in [4.78, 5) is 0.105. The first-order valence-corrected chi connectivity index (χ1v) is 8.38. The van der Waals surface area contributed by atoms with Gasteiger partial charge in [0.05, 0.1) is 6.10 Å². The van der Waals surface area contributed by atoms with Crippen LogP contribution in [0.5, 0.6) is 5.75 Å². The number of aliphatic hydroxyl groups is 1. The van der Waals surface area contributed by atoms with Gasteiger partial charge in [-0.2, -0.15) is 8.42 Å². The van der Waals surface area contributed by atoms with Crippen molar-refractivity contribution in [1.82, 2.24) is 0 Å². The van der Waals surface area contributed by atoms with Gasteiger partial charge in [0.15, 0.2) is 0 Å². The van der Waals surface area contributed by atoms with Crippen LogP contribution in [0.3, 0.4) is 0 Å². The van der Waals surface area contributed by atoms with Crippen molar-refractivity contribution in [3.63, 3.8) is 0 Å². The van der Waals surface area contributed by atoms with Crippen LogP contribution < -0.4 is 4.18 Å². The van der Waals surface area contributed by atoms with Crippen molar-refractivity contribution in [2.75, 3.05) is 0 Å². The van der Waals surface area contributed by atoms with E-state index in [2.05, 4.69) is 0 Å². The molecule has 118 valence electrons. The van der Waals surface area contributed by atoms with Gasteiger partial charge in [0.2, 0.25) is 0 Å². The molecule has 2 rings (SSSR count). The van der Waals surface area contributed by atoms with Gasteiger partial charge in [-0.1, -0.05) is 51.1 Å². The average molecular weight is 320 g/mol. The Morgan fingerprint density at radius 1 is 0.955 bits per heavy atom. The highest BCUT2D eigenvalue weighted by Crippen LogP contribution is 2.33. The summed E-state index contributed by atoms with van der Waals surface area (Å²) in [5.74, 6) is 0.216. The van der Waals surface area contributed by atoms with Crippen LogP contribution in [0, 0.1) is 5.41 Å². The van der Waals surface area contributed by atoms with E-state index in [1.165, 1.54) is 12.1 Å². The van der Waals surface area contributed by atoms with Gasteiger partial charge in [-0.05, 0) is 35.2 Å². The molecule has 0 fully saturated rings. The topological polar surface area (TPSA) is 63.6 Å². The average Bonchev–Trinajstić information content (AvgIpc) is 2.47. The molecule has 22 heavy (non-hydrogen) atoms. The summed E-state index contributed by atoms with van der Waals surface area (Å²) in [6.07, 6.45) is -0.632. The van der Waals surface area contributed by atoms with Crippen molar-refractivity contribution in [3.05, 3.63) is 60.2 Å². The molecule has 0 aliphatic carbocycles. The molecule has 0 saturated carbocycles. The Kier molecular flexibility index (Phi) is 4.58. The van der Waals surface area contributed by atoms with Crippen molar-refractivity contribution < 1.29 is 17.7 Å². The Labute approximate surface area is 131 Å². The van der Waals surface area contributed by atoms with Crippen LogP contribution in [0.25, 0.3) is 0 Å². The first-order valence-electron chi connectivity index (χ1n) is 6.98. The second kappa shape index (κ2) is 6.10. The summed E-state index contributed by atoms with van der Waals surface area (Å²) in [6, 6.07) is 14.4. The molecule has 4 nitrogen and oxygen atoms in total. The SMILES string of the molecule is CC(C)(C)C(O)c1ccc(OS(=O)(=O)c2ccccc2)cc1. The molecule has 0 aromatic heterocycles. The minimum absolute atomic E-state index is 0.105. The number of hydrogen-bond acceptors (Lipinski definition) is 4. The van der Waals surface area contributed by atoms with Gasteiger partial charge in [0.1, 0.15) is 10.6 Å². The molecule has 5 heteroatoms. The minimum atomic E-state index is -3.84. The summed E-state index contributed by atoms with van der Waals surface area (Å²) >= 11 is 0. The highest BCUT2D eigenvalue weighted by Gasteiger charge is 2.24. The molecule has 1 N–H and O–H groups in total. The maximum atomic E-state index is 12.1. The van der Waals surface area contributed by atoms with Gasteiger partial charge in [-0.3, -0.25) is 0 Å². The molecule has 0 spiro atoms. The van der Waals surface area contributed by atoms with Gasteiger partial charge >= 0.3 is 10.1 Å². The highest BCUT2D eigenvalue weighted by atomic mass is 32.2. The highest BCUT2D eigenvalue weighted by molar-refractivity contribution is 7.87. The van der Waals surface area contributed by atoms with Gasteiger partial charge in [0, 0.05) is 0 Å². The van der Waals surface area contributed by atoms with E-state index in [-0.39, 0.29) is 16.1 Å². The van der Waals surface area contributed by atoms with E-state index in [0.29, 0.717) is 0 Å². The third-order valence-corrected chi connectivity index (χ3v) is 4.52. The normalized spacial score (nSPS) is 13.6. The van der Waals surface area contributed by atoms with E-state index < -0.39 is 16.2 Å². The number of rotatable bonds is 4. The maximum absolute atomic E-state index is 12.1. The lowest BCUT2D eigenvalue weighted by atomic mass is 9.85. The second-order valence-corrected chi connectivity index (χ2v) is 7.73. The lowest BCUT2D eigenvalue weighted by Gasteiger charge is -2.26. The quantitative estimate of drug-likeness (QED) is 0.875. The second-order valence-electron chi connectivity index (χ2n) is 6.19. The van der Waals surface area contributed by atoms with Crippen LogP contribution in [-0.2, 0) is 10.1 Å². The van der Waals surface area contributed by atoms with Crippen LogP contribution in [0.2, 0.25) is 0 Å². The minimum Gasteiger partial charge on any atom is -0.388 e. The molecule has 2 aromatic carbocycles. The molecule has 0 saturated heterocycles. The van der Waals surface area contributed by atoms with Gasteiger partial charge in [0.25, 0.3) is 0 Å². The fourth-order valence-electron chi connectivity index (χ4n) is 1.97. The van der Waals surface area contributed by atoms with Gasteiger partial charge in [-0.25, -0.2) is 0 Å². The zero-order chi connectivity index (χ0) is 16.4. The zero-order valence-electron chi connectivity index (χ0n) is 12.9. The Morgan fingerprint density at radius 3 is 2.00 bits per heavy atom. The summed E-state index contributed by atoms with van der Waals surface area (Å²) in [6.45, 7) is 5.80. The smallest absolute Gasteiger partial charge is 0.339 e. The Balaban J connectivity index is 2.19. The van der Waals surface area contributed by atoms with E-state index in [9.17, 15) is 13.5 Å². The largest absolute Gasteiger partial charge is 0.388 e. The van der Waals surface area contributed by atoms with Crippen molar-refractivity contribution in [2.24, 2.45) is 5.41 Å². The van der Waals surface area contributed by atoms with Crippen molar-refractivity contribution >= 4 is 10.1 Å². The zero-order valence-corrected chi connectivity index (χ0v) is 13.7. The van der Waals surface area contributed by atoms with Gasteiger partial charge < -0.3 is 9.29 Å². The van der Waals surface area contributed by atoms with Crippen LogP contribution in [0.4, 0.5) is 0 Å². The third-order valence-electron chi connectivity index (χ3n) is 3.25. The Hall–Kier alpha value is -1.85. The van der Waals surface area contributed by atoms with Gasteiger partial charge in [-0.15, -0.1) is 0 Å². The number of benzene rings is 2.